The topological polar surface area (TPSA) is 78.9 Å². The highest BCUT2D eigenvalue weighted by molar-refractivity contribution is 5.75. The Morgan fingerprint density at radius 2 is 2.18 bits per heavy atom. The lowest BCUT2D eigenvalue weighted by Gasteiger charge is -2.26. The van der Waals surface area contributed by atoms with Crippen LogP contribution in [0.2, 0.25) is 0 Å². The summed E-state index contributed by atoms with van der Waals surface area (Å²) in [6.45, 7) is 5.70. The van der Waals surface area contributed by atoms with Gasteiger partial charge in [0.15, 0.2) is 0 Å². The fraction of sp³-hybridized carbons (Fsp3) is 0.385. The van der Waals surface area contributed by atoms with E-state index in [2.05, 4.69) is 11.4 Å². The lowest BCUT2D eigenvalue weighted by molar-refractivity contribution is -0.118. The lowest BCUT2D eigenvalue weighted by atomic mass is 9.99. The highest BCUT2D eigenvalue weighted by Gasteiger charge is 2.20. The largest absolute Gasteiger partial charge is 0.380 e. The van der Waals surface area contributed by atoms with E-state index in [0.717, 1.165) is 11.3 Å². The summed E-state index contributed by atoms with van der Waals surface area (Å²) >= 11 is 0. The number of benzene rings is 1. The van der Waals surface area contributed by atoms with Crippen molar-refractivity contribution in [3.8, 4) is 6.07 Å². The van der Waals surface area contributed by atoms with Crippen molar-refractivity contribution in [1.82, 2.24) is 0 Å². The number of rotatable bonds is 4. The molecule has 0 aliphatic heterocycles. The number of carbonyl (C=O) groups excluding carboxylic acids is 1. The molecule has 4 heteroatoms. The second kappa shape index (κ2) is 4.88. The lowest BCUT2D eigenvalue weighted by Crippen LogP contribution is -2.36. The van der Waals surface area contributed by atoms with Crippen LogP contribution in [0, 0.1) is 18.3 Å². The molecule has 1 aromatic carbocycles. The Morgan fingerprint density at radius 1 is 1.53 bits per heavy atom. The molecule has 4 nitrogen and oxygen atoms in total. The van der Waals surface area contributed by atoms with E-state index < -0.39 is 5.54 Å². The number of nitriles is 1. The van der Waals surface area contributed by atoms with Gasteiger partial charge in [-0.25, -0.2) is 0 Å². The molecule has 0 heterocycles. The number of amides is 1. The number of nitrogens with one attached hydrogen (secondary N) is 1. The summed E-state index contributed by atoms with van der Waals surface area (Å²) < 4.78 is 0. The molecular weight excluding hydrogens is 214 g/mol. The highest BCUT2D eigenvalue weighted by Crippen LogP contribution is 2.20. The minimum absolute atomic E-state index is 0.256. The van der Waals surface area contributed by atoms with Crippen molar-refractivity contribution >= 4 is 11.6 Å². The predicted molar refractivity (Wildman–Crippen MR) is 67.4 cm³/mol. The van der Waals surface area contributed by atoms with Crippen LogP contribution in [-0.2, 0) is 4.79 Å². The fourth-order valence-corrected chi connectivity index (χ4v) is 1.74. The zero-order valence-electron chi connectivity index (χ0n) is 10.4. The van der Waals surface area contributed by atoms with E-state index in [1.165, 1.54) is 0 Å². The van der Waals surface area contributed by atoms with Crippen LogP contribution in [0.25, 0.3) is 0 Å². The Bertz CT molecular complexity index is 472. The third-order valence-electron chi connectivity index (χ3n) is 2.45. The second-order valence-corrected chi connectivity index (χ2v) is 4.79. The highest BCUT2D eigenvalue weighted by atomic mass is 16.1. The SMILES string of the molecule is Cc1cc(NC(C)(C)CC(N)=O)ccc1C#N. The van der Waals surface area contributed by atoms with E-state index in [9.17, 15) is 4.79 Å². The minimum atomic E-state index is -0.396. The summed E-state index contributed by atoms with van der Waals surface area (Å²) in [4.78, 5) is 10.9. The first-order chi connectivity index (χ1) is 7.84. The Kier molecular flexibility index (Phi) is 3.74. The van der Waals surface area contributed by atoms with Crippen LogP contribution in [0.4, 0.5) is 5.69 Å². The average molecular weight is 231 g/mol. The molecule has 0 aliphatic carbocycles. The van der Waals surface area contributed by atoms with Crippen LogP contribution in [0.3, 0.4) is 0 Å². The van der Waals surface area contributed by atoms with Crippen LogP contribution in [-0.4, -0.2) is 11.4 Å². The van der Waals surface area contributed by atoms with Gasteiger partial charge in [0.1, 0.15) is 0 Å². The van der Waals surface area contributed by atoms with Crippen molar-refractivity contribution in [2.45, 2.75) is 32.7 Å². The summed E-state index contributed by atoms with van der Waals surface area (Å²) in [5, 5.41) is 12.1. The van der Waals surface area contributed by atoms with Gasteiger partial charge < -0.3 is 11.1 Å². The van der Waals surface area contributed by atoms with Gasteiger partial charge in [0.05, 0.1) is 11.6 Å². The minimum Gasteiger partial charge on any atom is -0.380 e. The Morgan fingerprint density at radius 3 is 2.65 bits per heavy atom. The molecule has 0 saturated carbocycles. The first kappa shape index (κ1) is 13.0. The first-order valence-corrected chi connectivity index (χ1v) is 5.41. The van der Waals surface area contributed by atoms with E-state index in [0.29, 0.717) is 5.56 Å². The van der Waals surface area contributed by atoms with Gasteiger partial charge in [0, 0.05) is 17.6 Å². The number of aryl methyl sites for hydroxylation is 1. The van der Waals surface area contributed by atoms with Gasteiger partial charge in [0.25, 0.3) is 0 Å². The molecule has 90 valence electrons. The molecule has 0 fully saturated rings. The van der Waals surface area contributed by atoms with Gasteiger partial charge in [0.2, 0.25) is 5.91 Å². The Labute approximate surface area is 101 Å². The van der Waals surface area contributed by atoms with Gasteiger partial charge in [-0.3, -0.25) is 4.79 Å². The summed E-state index contributed by atoms with van der Waals surface area (Å²) in [5.74, 6) is -0.340. The molecule has 1 amide bonds. The Balaban J connectivity index is 2.86. The zero-order valence-corrected chi connectivity index (χ0v) is 10.4. The number of hydrogen-bond acceptors (Lipinski definition) is 3. The molecule has 1 rings (SSSR count). The van der Waals surface area contributed by atoms with Crippen LogP contribution < -0.4 is 11.1 Å². The smallest absolute Gasteiger partial charge is 0.219 e. The number of primary amides is 1. The van der Waals surface area contributed by atoms with Crippen LogP contribution in [0.5, 0.6) is 0 Å². The number of nitrogens with two attached hydrogens (primary N) is 1. The number of nitrogens with zero attached hydrogens (tertiary/aromatic N) is 1. The third-order valence-corrected chi connectivity index (χ3v) is 2.45. The summed E-state index contributed by atoms with van der Waals surface area (Å²) in [6.07, 6.45) is 0.256. The van der Waals surface area contributed by atoms with Crippen molar-refractivity contribution in [3.05, 3.63) is 29.3 Å². The molecular formula is C13H17N3O. The van der Waals surface area contributed by atoms with E-state index >= 15 is 0 Å². The van der Waals surface area contributed by atoms with Gasteiger partial charge in [-0.1, -0.05) is 0 Å². The average Bonchev–Trinajstić information content (AvgIpc) is 2.14. The first-order valence-electron chi connectivity index (χ1n) is 5.41. The molecule has 0 radical (unpaired) electrons. The molecule has 0 aliphatic rings. The molecule has 3 N–H and O–H groups in total. The van der Waals surface area contributed by atoms with Gasteiger partial charge in [-0.2, -0.15) is 5.26 Å². The van der Waals surface area contributed by atoms with Crippen molar-refractivity contribution < 1.29 is 4.79 Å². The molecule has 0 saturated heterocycles. The van der Waals surface area contributed by atoms with Crippen molar-refractivity contribution in [3.63, 3.8) is 0 Å². The molecule has 0 atom stereocenters. The number of carbonyl (C=O) groups is 1. The van der Waals surface area contributed by atoms with Crippen LogP contribution in [0.15, 0.2) is 18.2 Å². The molecule has 0 unspecified atom stereocenters. The van der Waals surface area contributed by atoms with E-state index in [-0.39, 0.29) is 12.3 Å². The van der Waals surface area contributed by atoms with E-state index in [1.54, 1.807) is 6.07 Å². The van der Waals surface area contributed by atoms with Gasteiger partial charge in [-0.05, 0) is 44.5 Å². The maximum Gasteiger partial charge on any atom is 0.219 e. The predicted octanol–water partition coefficient (Wildman–Crippen LogP) is 1.93. The maximum absolute atomic E-state index is 10.9. The van der Waals surface area contributed by atoms with Crippen molar-refractivity contribution in [1.29, 1.82) is 5.26 Å². The second-order valence-electron chi connectivity index (χ2n) is 4.79. The van der Waals surface area contributed by atoms with Crippen LogP contribution >= 0.6 is 0 Å². The summed E-state index contributed by atoms with van der Waals surface area (Å²) in [6, 6.07) is 7.60. The number of anilines is 1. The molecule has 1 aromatic rings. The molecule has 17 heavy (non-hydrogen) atoms. The monoisotopic (exact) mass is 231 g/mol. The number of hydrogen-bond donors (Lipinski definition) is 2. The summed E-state index contributed by atoms with van der Waals surface area (Å²) in [7, 11) is 0. The van der Waals surface area contributed by atoms with Crippen LogP contribution in [0.1, 0.15) is 31.4 Å². The quantitative estimate of drug-likeness (QED) is 0.831. The van der Waals surface area contributed by atoms with Gasteiger partial charge >= 0.3 is 0 Å². The van der Waals surface area contributed by atoms with Gasteiger partial charge in [-0.15, -0.1) is 0 Å². The zero-order chi connectivity index (χ0) is 13.1. The van der Waals surface area contributed by atoms with Crippen molar-refractivity contribution in [2.75, 3.05) is 5.32 Å². The van der Waals surface area contributed by atoms with E-state index in [1.807, 2.05) is 32.9 Å². The summed E-state index contributed by atoms with van der Waals surface area (Å²) in [5.41, 5.74) is 7.24. The van der Waals surface area contributed by atoms with E-state index in [4.69, 9.17) is 11.0 Å². The normalized spacial score (nSPS) is 10.7. The Hall–Kier alpha value is -2.02. The third kappa shape index (κ3) is 3.80. The van der Waals surface area contributed by atoms with Crippen molar-refractivity contribution in [2.24, 2.45) is 5.73 Å². The maximum atomic E-state index is 10.9. The standard InChI is InChI=1S/C13H17N3O/c1-9-6-11(5-4-10(9)8-14)16-13(2,3)7-12(15)17/h4-6,16H,7H2,1-3H3,(H2,15,17). The molecule has 0 aromatic heterocycles. The molecule has 0 bridgehead atoms. The fourth-order valence-electron chi connectivity index (χ4n) is 1.74. The molecule has 0 spiro atoms.